The largest absolute Gasteiger partial charge is 0.507 e. The van der Waals surface area contributed by atoms with Crippen LogP contribution in [0, 0.1) is 6.92 Å². The lowest BCUT2D eigenvalue weighted by molar-refractivity contribution is 0.0599. The van der Waals surface area contributed by atoms with E-state index in [4.69, 9.17) is 4.74 Å². The lowest BCUT2D eigenvalue weighted by atomic mass is 9.97. The number of fused-ring (bicyclic) bond motifs is 3. The van der Waals surface area contributed by atoms with E-state index in [9.17, 15) is 15.0 Å². The number of aliphatic hydroxyl groups is 1. The molecule has 4 nitrogen and oxygen atoms in total. The van der Waals surface area contributed by atoms with Gasteiger partial charge in [0.1, 0.15) is 11.9 Å². The van der Waals surface area contributed by atoms with Crippen LogP contribution in [0.4, 0.5) is 0 Å². The summed E-state index contributed by atoms with van der Waals surface area (Å²) in [5.74, 6) is -0.550. The molecule has 1 atom stereocenters. The average molecular weight is 270 g/mol. The molecule has 2 aromatic rings. The van der Waals surface area contributed by atoms with Crippen LogP contribution < -0.4 is 0 Å². The van der Waals surface area contributed by atoms with Gasteiger partial charge in [-0.15, -0.1) is 0 Å². The molecule has 0 saturated carbocycles. The Kier molecular flexibility index (Phi) is 2.76. The molecule has 2 aromatic carbocycles. The van der Waals surface area contributed by atoms with Crippen LogP contribution in [0.3, 0.4) is 0 Å². The fraction of sp³-hybridized carbons (Fsp3) is 0.188. The van der Waals surface area contributed by atoms with E-state index in [0.717, 1.165) is 11.1 Å². The van der Waals surface area contributed by atoms with E-state index < -0.39 is 12.1 Å². The Hall–Kier alpha value is -2.33. The summed E-state index contributed by atoms with van der Waals surface area (Å²) >= 11 is 0. The number of hydrogen-bond donors (Lipinski definition) is 2. The Morgan fingerprint density at radius 1 is 1.25 bits per heavy atom. The van der Waals surface area contributed by atoms with Gasteiger partial charge in [-0.25, -0.2) is 4.79 Å². The quantitative estimate of drug-likeness (QED) is 0.781. The molecule has 3 rings (SSSR count). The highest BCUT2D eigenvalue weighted by molar-refractivity contribution is 5.96. The van der Waals surface area contributed by atoms with Crippen molar-refractivity contribution in [3.05, 3.63) is 52.6 Å². The topological polar surface area (TPSA) is 66.8 Å². The van der Waals surface area contributed by atoms with Crippen molar-refractivity contribution >= 4 is 5.97 Å². The molecule has 20 heavy (non-hydrogen) atoms. The summed E-state index contributed by atoms with van der Waals surface area (Å²) in [5, 5.41) is 20.7. The zero-order valence-electron chi connectivity index (χ0n) is 11.2. The van der Waals surface area contributed by atoms with Crippen molar-refractivity contribution in [3.8, 4) is 16.9 Å². The SMILES string of the molecule is COC(=O)c1cc2c(c(O)c1C)C(O)c1ccccc1-2. The van der Waals surface area contributed by atoms with Crippen LogP contribution in [0.1, 0.15) is 33.2 Å². The van der Waals surface area contributed by atoms with Crippen molar-refractivity contribution < 1.29 is 19.7 Å². The van der Waals surface area contributed by atoms with E-state index in [1.54, 1.807) is 13.0 Å². The summed E-state index contributed by atoms with van der Waals surface area (Å²) in [6.07, 6.45) is -0.869. The molecule has 2 N–H and O–H groups in total. The fourth-order valence-electron chi connectivity index (χ4n) is 2.75. The van der Waals surface area contributed by atoms with Gasteiger partial charge in [0, 0.05) is 11.1 Å². The number of aliphatic hydroxyl groups excluding tert-OH is 1. The predicted octanol–water partition coefficient (Wildman–Crippen LogP) is 2.55. The van der Waals surface area contributed by atoms with Crippen molar-refractivity contribution in [2.24, 2.45) is 0 Å². The number of ether oxygens (including phenoxy) is 1. The molecule has 0 fully saturated rings. The predicted molar refractivity (Wildman–Crippen MR) is 73.7 cm³/mol. The molecule has 102 valence electrons. The van der Waals surface area contributed by atoms with Crippen LogP contribution >= 0.6 is 0 Å². The molecule has 1 aliphatic rings. The first-order valence-corrected chi connectivity index (χ1v) is 6.28. The summed E-state index contributed by atoms with van der Waals surface area (Å²) in [6, 6.07) is 9.03. The minimum Gasteiger partial charge on any atom is -0.507 e. The maximum Gasteiger partial charge on any atom is 0.338 e. The lowest BCUT2D eigenvalue weighted by Gasteiger charge is -2.13. The van der Waals surface area contributed by atoms with E-state index >= 15 is 0 Å². The van der Waals surface area contributed by atoms with Gasteiger partial charge in [-0.1, -0.05) is 24.3 Å². The molecule has 0 spiro atoms. The standard InChI is InChI=1S/C16H14O4/c1-8-11(16(19)20-2)7-12-9-5-3-4-6-10(9)15(18)13(12)14(8)17/h3-7,15,17-18H,1-2H3. The average Bonchev–Trinajstić information content (AvgIpc) is 2.75. The number of benzene rings is 2. The molecule has 0 heterocycles. The molecular weight excluding hydrogens is 256 g/mol. The first-order chi connectivity index (χ1) is 9.56. The molecule has 0 radical (unpaired) electrons. The zero-order valence-corrected chi connectivity index (χ0v) is 11.2. The molecule has 0 aliphatic heterocycles. The smallest absolute Gasteiger partial charge is 0.338 e. The van der Waals surface area contributed by atoms with Gasteiger partial charge in [-0.3, -0.25) is 0 Å². The van der Waals surface area contributed by atoms with Gasteiger partial charge in [0.25, 0.3) is 0 Å². The first-order valence-electron chi connectivity index (χ1n) is 6.28. The van der Waals surface area contributed by atoms with Gasteiger partial charge in [0.05, 0.1) is 12.7 Å². The lowest BCUT2D eigenvalue weighted by Crippen LogP contribution is -2.06. The van der Waals surface area contributed by atoms with Crippen LogP contribution in [-0.2, 0) is 4.74 Å². The van der Waals surface area contributed by atoms with Crippen molar-refractivity contribution in [1.82, 2.24) is 0 Å². The molecule has 4 heteroatoms. The number of rotatable bonds is 1. The molecule has 1 unspecified atom stereocenters. The molecule has 0 saturated heterocycles. The van der Waals surface area contributed by atoms with Crippen LogP contribution in [0.2, 0.25) is 0 Å². The van der Waals surface area contributed by atoms with Gasteiger partial charge in [-0.05, 0) is 29.7 Å². The number of phenolic OH excluding ortho intramolecular Hbond substituents is 1. The number of methoxy groups -OCH3 is 1. The van der Waals surface area contributed by atoms with Gasteiger partial charge >= 0.3 is 5.97 Å². The van der Waals surface area contributed by atoms with Crippen molar-refractivity contribution in [2.45, 2.75) is 13.0 Å². The number of phenols is 1. The van der Waals surface area contributed by atoms with Crippen molar-refractivity contribution in [2.75, 3.05) is 7.11 Å². The third-order valence-corrected chi connectivity index (χ3v) is 3.82. The second-order valence-corrected chi connectivity index (χ2v) is 4.84. The molecule has 0 bridgehead atoms. The molecule has 0 amide bonds. The van der Waals surface area contributed by atoms with Crippen molar-refractivity contribution in [1.29, 1.82) is 0 Å². The second kappa shape index (κ2) is 4.35. The summed E-state index contributed by atoms with van der Waals surface area (Å²) in [4.78, 5) is 11.8. The van der Waals surface area contributed by atoms with Gasteiger partial charge in [0.2, 0.25) is 0 Å². The van der Waals surface area contributed by atoms with Crippen LogP contribution in [-0.4, -0.2) is 23.3 Å². The van der Waals surface area contributed by atoms with E-state index in [1.807, 2.05) is 24.3 Å². The van der Waals surface area contributed by atoms with Gasteiger partial charge < -0.3 is 14.9 Å². The second-order valence-electron chi connectivity index (χ2n) is 4.84. The van der Waals surface area contributed by atoms with E-state index in [0.29, 0.717) is 22.3 Å². The maximum absolute atomic E-state index is 11.8. The van der Waals surface area contributed by atoms with Crippen LogP contribution in [0.5, 0.6) is 5.75 Å². The number of hydrogen-bond acceptors (Lipinski definition) is 4. The minimum atomic E-state index is -0.869. The van der Waals surface area contributed by atoms with E-state index in [-0.39, 0.29) is 5.75 Å². The summed E-state index contributed by atoms with van der Waals surface area (Å²) < 4.78 is 4.73. The Morgan fingerprint density at radius 3 is 2.65 bits per heavy atom. The highest BCUT2D eigenvalue weighted by atomic mass is 16.5. The Labute approximate surface area is 116 Å². The molecular formula is C16H14O4. The highest BCUT2D eigenvalue weighted by Crippen LogP contribution is 2.49. The Morgan fingerprint density at radius 2 is 1.95 bits per heavy atom. The first kappa shape index (κ1) is 12.7. The third-order valence-electron chi connectivity index (χ3n) is 3.82. The molecule has 1 aliphatic carbocycles. The summed E-state index contributed by atoms with van der Waals surface area (Å²) in [5.41, 5.74) is 3.43. The van der Waals surface area contributed by atoms with Crippen LogP contribution in [0.15, 0.2) is 30.3 Å². The minimum absolute atomic E-state index is 0.0494. The van der Waals surface area contributed by atoms with E-state index in [1.165, 1.54) is 7.11 Å². The van der Waals surface area contributed by atoms with Crippen molar-refractivity contribution in [3.63, 3.8) is 0 Å². The zero-order chi connectivity index (χ0) is 14.4. The summed E-state index contributed by atoms with van der Waals surface area (Å²) in [6.45, 7) is 1.64. The van der Waals surface area contributed by atoms with E-state index in [2.05, 4.69) is 0 Å². The number of esters is 1. The van der Waals surface area contributed by atoms with Gasteiger partial charge in [0.15, 0.2) is 0 Å². The fourth-order valence-corrected chi connectivity index (χ4v) is 2.75. The number of aromatic hydroxyl groups is 1. The maximum atomic E-state index is 11.8. The van der Waals surface area contributed by atoms with Crippen LogP contribution in [0.25, 0.3) is 11.1 Å². The highest BCUT2D eigenvalue weighted by Gasteiger charge is 2.32. The summed E-state index contributed by atoms with van der Waals surface area (Å²) in [7, 11) is 1.30. The number of carbonyl (C=O) groups excluding carboxylic acids is 1. The monoisotopic (exact) mass is 270 g/mol. The number of carbonyl (C=O) groups is 1. The van der Waals surface area contributed by atoms with Gasteiger partial charge in [-0.2, -0.15) is 0 Å². The Balaban J connectivity index is 2.33. The third kappa shape index (κ3) is 1.55. The molecule has 0 aromatic heterocycles. The Bertz CT molecular complexity index is 719. The normalized spacial score (nSPS) is 15.7.